The number of unbranched alkanes of at least 4 members (excludes halogenated alkanes) is 1. The highest BCUT2D eigenvalue weighted by atomic mass is 16.3. The number of hydrogen-bond acceptors (Lipinski definition) is 5. The van der Waals surface area contributed by atoms with Crippen LogP contribution >= 0.6 is 0 Å². The number of hydrogen-bond donors (Lipinski definition) is 5. The van der Waals surface area contributed by atoms with Gasteiger partial charge >= 0.3 is 0 Å². The molecule has 0 bridgehead atoms. The maximum Gasteiger partial charge on any atom is 0.0577 e. The first kappa shape index (κ1) is 31.7. The van der Waals surface area contributed by atoms with E-state index in [1.165, 1.54) is 57.8 Å². The van der Waals surface area contributed by atoms with Crippen LogP contribution < -0.4 is 16.4 Å². The summed E-state index contributed by atoms with van der Waals surface area (Å²) in [5, 5.41) is 29.6. The summed E-state index contributed by atoms with van der Waals surface area (Å²) < 4.78 is 0. The second kappa shape index (κ2) is 13.8. The Labute approximate surface area is 241 Å². The molecule has 5 heteroatoms. The van der Waals surface area contributed by atoms with E-state index in [0.717, 1.165) is 57.8 Å². The Morgan fingerprint density at radius 3 is 2.31 bits per heavy atom. The molecule has 0 heterocycles. The first-order valence-electron chi connectivity index (χ1n) is 17.1. The van der Waals surface area contributed by atoms with Crippen molar-refractivity contribution in [3.63, 3.8) is 0 Å². The van der Waals surface area contributed by atoms with Gasteiger partial charge in [-0.3, -0.25) is 0 Å². The van der Waals surface area contributed by atoms with Crippen LogP contribution in [0.5, 0.6) is 0 Å². The molecule has 39 heavy (non-hydrogen) atoms. The third-order valence-corrected chi connectivity index (χ3v) is 12.9. The zero-order valence-electron chi connectivity index (χ0n) is 26.3. The van der Waals surface area contributed by atoms with Gasteiger partial charge in [-0.25, -0.2) is 0 Å². The summed E-state index contributed by atoms with van der Waals surface area (Å²) in [7, 11) is 0. The number of nitrogens with one attached hydrogen (secondary N) is 2. The molecule has 0 amide bonds. The van der Waals surface area contributed by atoms with Crippen LogP contribution in [-0.2, 0) is 0 Å². The average molecular weight is 548 g/mol. The Bertz CT molecular complexity index is 748. The van der Waals surface area contributed by atoms with Crippen LogP contribution in [0.25, 0.3) is 0 Å². The van der Waals surface area contributed by atoms with E-state index < -0.39 is 0 Å². The summed E-state index contributed by atoms with van der Waals surface area (Å²) in [4.78, 5) is 0. The minimum absolute atomic E-state index is 0.119. The van der Waals surface area contributed by atoms with Crippen molar-refractivity contribution in [2.75, 3.05) is 26.2 Å². The van der Waals surface area contributed by atoms with E-state index in [4.69, 9.17) is 5.73 Å². The highest BCUT2D eigenvalue weighted by Crippen LogP contribution is 2.68. The summed E-state index contributed by atoms with van der Waals surface area (Å²) >= 11 is 0. The fourth-order valence-electron chi connectivity index (χ4n) is 10.4. The Morgan fingerprint density at radius 1 is 0.846 bits per heavy atom. The van der Waals surface area contributed by atoms with E-state index in [0.29, 0.717) is 52.4 Å². The molecule has 0 aromatic rings. The lowest BCUT2D eigenvalue weighted by Gasteiger charge is -2.62. The van der Waals surface area contributed by atoms with E-state index in [2.05, 4.69) is 45.3 Å². The minimum Gasteiger partial charge on any atom is -0.393 e. The predicted octanol–water partition coefficient (Wildman–Crippen LogP) is 5.73. The monoisotopic (exact) mass is 548 g/mol. The van der Waals surface area contributed by atoms with E-state index in [-0.39, 0.29) is 12.2 Å². The molecule has 4 fully saturated rings. The Balaban J connectivity index is 1.30. The van der Waals surface area contributed by atoms with Gasteiger partial charge in [0.25, 0.3) is 0 Å². The molecule has 4 rings (SSSR count). The zero-order chi connectivity index (χ0) is 28.2. The fraction of sp³-hybridized carbons (Fsp3) is 1.00. The molecule has 2 unspecified atom stereocenters. The summed E-state index contributed by atoms with van der Waals surface area (Å²) in [6.45, 7) is 16.0. The van der Waals surface area contributed by atoms with Crippen LogP contribution in [0.15, 0.2) is 0 Å². The van der Waals surface area contributed by atoms with E-state index in [1.807, 2.05) is 0 Å². The average Bonchev–Trinajstić information content (AvgIpc) is 3.26. The molecule has 0 saturated heterocycles. The second-order valence-corrected chi connectivity index (χ2v) is 15.4. The predicted molar refractivity (Wildman–Crippen MR) is 163 cm³/mol. The van der Waals surface area contributed by atoms with Crippen molar-refractivity contribution < 1.29 is 10.2 Å². The topological polar surface area (TPSA) is 90.5 Å². The fourth-order valence-corrected chi connectivity index (χ4v) is 10.4. The zero-order valence-corrected chi connectivity index (χ0v) is 26.3. The molecule has 6 N–H and O–H groups in total. The smallest absolute Gasteiger partial charge is 0.0577 e. The molecule has 0 radical (unpaired) electrons. The minimum atomic E-state index is -0.169. The molecule has 11 atom stereocenters. The summed E-state index contributed by atoms with van der Waals surface area (Å²) in [6.07, 6.45) is 15.5. The summed E-state index contributed by atoms with van der Waals surface area (Å²) in [5.41, 5.74) is 6.35. The number of rotatable bonds is 14. The lowest BCUT2D eigenvalue weighted by molar-refractivity contribution is -0.167. The second-order valence-electron chi connectivity index (χ2n) is 15.4. The van der Waals surface area contributed by atoms with Gasteiger partial charge in [-0.2, -0.15) is 0 Å². The highest BCUT2D eigenvalue weighted by molar-refractivity contribution is 5.12. The number of fused-ring (bicyclic) bond motifs is 5. The van der Waals surface area contributed by atoms with Crippen LogP contribution in [-0.4, -0.2) is 54.6 Å². The summed E-state index contributed by atoms with van der Waals surface area (Å²) in [6, 6.07) is 0.621. The number of aliphatic hydroxyl groups excluding tert-OH is 2. The molecule has 4 aliphatic rings. The number of aliphatic hydroxyl groups is 2. The first-order chi connectivity index (χ1) is 18.6. The van der Waals surface area contributed by atoms with Crippen molar-refractivity contribution in [2.24, 2.45) is 58.0 Å². The van der Waals surface area contributed by atoms with Gasteiger partial charge in [-0.15, -0.1) is 0 Å². The van der Waals surface area contributed by atoms with Gasteiger partial charge in [-0.1, -0.05) is 34.6 Å². The molecule has 0 aromatic heterocycles. The Morgan fingerprint density at radius 2 is 1.56 bits per heavy atom. The Hall–Kier alpha value is -0.200. The van der Waals surface area contributed by atoms with Crippen molar-refractivity contribution in [2.45, 2.75) is 136 Å². The lowest BCUT2D eigenvalue weighted by Crippen LogP contribution is -2.59. The molecule has 5 nitrogen and oxygen atoms in total. The molecule has 228 valence electrons. The van der Waals surface area contributed by atoms with Crippen molar-refractivity contribution in [1.82, 2.24) is 10.6 Å². The third-order valence-electron chi connectivity index (χ3n) is 12.9. The van der Waals surface area contributed by atoms with Crippen molar-refractivity contribution in [1.29, 1.82) is 0 Å². The van der Waals surface area contributed by atoms with Crippen LogP contribution in [0, 0.1) is 52.3 Å². The molecule has 4 saturated carbocycles. The van der Waals surface area contributed by atoms with Crippen molar-refractivity contribution >= 4 is 0 Å². The highest BCUT2D eigenvalue weighted by Gasteiger charge is 2.62. The lowest BCUT2D eigenvalue weighted by atomic mass is 9.43. The molecular weight excluding hydrogens is 482 g/mol. The van der Waals surface area contributed by atoms with E-state index in [9.17, 15) is 10.2 Å². The van der Waals surface area contributed by atoms with Gasteiger partial charge in [0.1, 0.15) is 0 Å². The van der Waals surface area contributed by atoms with Gasteiger partial charge in [0.2, 0.25) is 0 Å². The third kappa shape index (κ3) is 6.90. The molecule has 0 spiro atoms. The normalized spacial score (nSPS) is 41.6. The maximum absolute atomic E-state index is 11.7. The Kier molecular flexibility index (Phi) is 11.3. The van der Waals surface area contributed by atoms with Crippen molar-refractivity contribution in [3.8, 4) is 0 Å². The number of nitrogens with two attached hydrogens (primary N) is 1. The standard InChI is InChI=1S/C34H65N3O2/c1-23(2)30(38)12-9-24(3)27-10-11-28-32-29(14-16-34(27,28)5)33(4)15-13-26(21-25(33)22-31(32)39)37-20-8-19-36-18-7-6-17-35/h23-32,36-39H,6-22,35H2,1-5H3/t24-,25?,26-,27-,28+,29+,30?,31-,32+,33+,34-/m1/s1. The largest absolute Gasteiger partial charge is 0.393 e. The van der Waals surface area contributed by atoms with Crippen LogP contribution in [0.3, 0.4) is 0 Å². The molecule has 4 aliphatic carbocycles. The van der Waals surface area contributed by atoms with E-state index >= 15 is 0 Å². The van der Waals surface area contributed by atoms with Crippen molar-refractivity contribution in [3.05, 3.63) is 0 Å². The van der Waals surface area contributed by atoms with Gasteiger partial charge < -0.3 is 26.6 Å². The first-order valence-corrected chi connectivity index (χ1v) is 17.1. The van der Waals surface area contributed by atoms with Gasteiger partial charge in [0, 0.05) is 6.04 Å². The van der Waals surface area contributed by atoms with Crippen LogP contribution in [0.4, 0.5) is 0 Å². The maximum atomic E-state index is 11.7. The van der Waals surface area contributed by atoms with E-state index in [1.54, 1.807) is 0 Å². The van der Waals surface area contributed by atoms with Crippen LogP contribution in [0.1, 0.15) is 118 Å². The molecule has 0 aromatic carbocycles. The van der Waals surface area contributed by atoms with Gasteiger partial charge in [0.15, 0.2) is 0 Å². The molecule has 0 aliphatic heterocycles. The quantitative estimate of drug-likeness (QED) is 0.179. The van der Waals surface area contributed by atoms with Gasteiger partial charge in [-0.05, 0) is 162 Å². The SMILES string of the molecule is CC(C)C(O)CC[C@@H](C)[C@H]1CC[C@H]2[C@@H]3[C@H](O)CC4C[C@H](NCCCNCCCCN)CC[C@]4(C)[C@H]3CC[C@]12C. The van der Waals surface area contributed by atoms with Gasteiger partial charge in [0.05, 0.1) is 12.2 Å². The summed E-state index contributed by atoms with van der Waals surface area (Å²) in [5.74, 6) is 4.29. The molecular formula is C34H65N3O2. The van der Waals surface area contributed by atoms with Crippen LogP contribution in [0.2, 0.25) is 0 Å².